The molecule has 11 heteroatoms. The first-order chi connectivity index (χ1) is 15.5. The number of benzene rings is 3. The van der Waals surface area contributed by atoms with Gasteiger partial charge in [-0.2, -0.15) is 0 Å². The molecule has 0 aliphatic rings. The van der Waals surface area contributed by atoms with E-state index in [1.165, 1.54) is 20.8 Å². The summed E-state index contributed by atoms with van der Waals surface area (Å²) in [5.41, 5.74) is 2.50. The number of nitrogens with one attached hydrogen (secondary N) is 1. The van der Waals surface area contributed by atoms with E-state index in [9.17, 15) is 13.2 Å². The van der Waals surface area contributed by atoms with E-state index < -0.39 is 10.0 Å². The van der Waals surface area contributed by atoms with Crippen LogP contribution >= 0.6 is 23.1 Å². The van der Waals surface area contributed by atoms with Crippen LogP contribution in [0.4, 0.5) is 5.13 Å². The lowest BCUT2D eigenvalue weighted by Gasteiger charge is -2.11. The average Bonchev–Trinajstić information content (AvgIpc) is 3.45. The molecule has 0 spiro atoms. The third-order valence-corrected chi connectivity index (χ3v) is 8.05. The van der Waals surface area contributed by atoms with E-state index in [4.69, 9.17) is 0 Å². The number of amides is 1. The highest BCUT2D eigenvalue weighted by atomic mass is 32.2. The Morgan fingerprint density at radius 2 is 1.81 bits per heavy atom. The van der Waals surface area contributed by atoms with Gasteiger partial charge in [0.25, 0.3) is 10.0 Å². The van der Waals surface area contributed by atoms with Crippen LogP contribution in [-0.2, 0) is 14.8 Å². The summed E-state index contributed by atoms with van der Waals surface area (Å²) in [5.74, 6) is -0.357. The Kier molecular flexibility index (Phi) is 5.37. The standard InChI is InChI=1S/C21H15N5O3S3/c27-19(24-20-25-22-13-31-20)12-30-21-23-17-7-3-4-8-18(17)26(21)32(28,29)16-10-9-14-5-1-2-6-15(14)11-16/h1-11,13H,12H2,(H,24,25,27). The smallest absolute Gasteiger partial charge is 0.270 e. The van der Waals surface area contributed by atoms with E-state index in [-0.39, 0.29) is 21.7 Å². The van der Waals surface area contributed by atoms with Gasteiger partial charge in [0, 0.05) is 0 Å². The highest BCUT2D eigenvalue weighted by molar-refractivity contribution is 8.00. The number of carbonyl (C=O) groups is 1. The lowest BCUT2D eigenvalue weighted by atomic mass is 10.1. The van der Waals surface area contributed by atoms with Crippen molar-refractivity contribution in [2.45, 2.75) is 10.1 Å². The van der Waals surface area contributed by atoms with E-state index in [1.807, 2.05) is 24.3 Å². The fraction of sp³-hybridized carbons (Fsp3) is 0.0476. The van der Waals surface area contributed by atoms with Gasteiger partial charge in [0.05, 0.1) is 21.7 Å². The number of hydrogen-bond donors (Lipinski definition) is 1. The van der Waals surface area contributed by atoms with Crippen LogP contribution in [0.25, 0.3) is 21.8 Å². The molecule has 1 N–H and O–H groups in total. The first-order valence-electron chi connectivity index (χ1n) is 9.43. The van der Waals surface area contributed by atoms with Crippen molar-refractivity contribution >= 4 is 66.0 Å². The van der Waals surface area contributed by atoms with Gasteiger partial charge >= 0.3 is 0 Å². The summed E-state index contributed by atoms with van der Waals surface area (Å²) < 4.78 is 28.5. The van der Waals surface area contributed by atoms with Gasteiger partial charge in [0.2, 0.25) is 11.0 Å². The number of rotatable bonds is 6. The number of nitrogens with zero attached hydrogens (tertiary/aromatic N) is 4. The fourth-order valence-corrected chi connectivity index (χ4v) is 6.26. The van der Waals surface area contributed by atoms with Gasteiger partial charge in [0.15, 0.2) is 5.16 Å². The van der Waals surface area contributed by atoms with Crippen molar-refractivity contribution in [1.82, 2.24) is 19.2 Å². The molecule has 0 saturated heterocycles. The lowest BCUT2D eigenvalue weighted by molar-refractivity contribution is -0.113. The molecule has 8 nitrogen and oxygen atoms in total. The number of para-hydroxylation sites is 2. The van der Waals surface area contributed by atoms with E-state index in [1.54, 1.807) is 42.5 Å². The molecule has 0 radical (unpaired) electrons. The number of fused-ring (bicyclic) bond motifs is 2. The van der Waals surface area contributed by atoms with Crippen LogP contribution in [0.2, 0.25) is 0 Å². The third kappa shape index (κ3) is 3.85. The molecule has 32 heavy (non-hydrogen) atoms. The predicted octanol–water partition coefficient (Wildman–Crippen LogP) is 4.01. The largest absolute Gasteiger partial charge is 0.300 e. The second-order valence-corrected chi connectivity index (χ2v) is 10.3. The summed E-state index contributed by atoms with van der Waals surface area (Å²) in [6, 6.07) is 19.6. The molecule has 5 aromatic rings. The Morgan fingerprint density at radius 3 is 2.62 bits per heavy atom. The molecule has 3 aromatic carbocycles. The zero-order chi connectivity index (χ0) is 22.1. The molecule has 0 saturated carbocycles. The van der Waals surface area contributed by atoms with Gasteiger partial charge in [-0.3, -0.25) is 10.1 Å². The molecule has 2 heterocycles. The Balaban J connectivity index is 1.53. The molecule has 160 valence electrons. The van der Waals surface area contributed by atoms with Gasteiger partial charge in [0.1, 0.15) is 5.51 Å². The van der Waals surface area contributed by atoms with Crippen molar-refractivity contribution < 1.29 is 13.2 Å². The first kappa shape index (κ1) is 20.6. The molecule has 0 atom stereocenters. The first-order valence-corrected chi connectivity index (χ1v) is 12.7. The second kappa shape index (κ2) is 8.34. The van der Waals surface area contributed by atoms with Crippen LogP contribution in [0.5, 0.6) is 0 Å². The molecule has 0 aliphatic carbocycles. The summed E-state index contributed by atoms with van der Waals surface area (Å²) in [7, 11) is -3.96. The van der Waals surface area contributed by atoms with Crippen molar-refractivity contribution in [3.63, 3.8) is 0 Å². The highest BCUT2D eigenvalue weighted by Gasteiger charge is 2.25. The highest BCUT2D eigenvalue weighted by Crippen LogP contribution is 2.30. The topological polar surface area (TPSA) is 107 Å². The summed E-state index contributed by atoms with van der Waals surface area (Å²) in [6.45, 7) is 0. The molecule has 0 bridgehead atoms. The molecule has 0 unspecified atom stereocenters. The van der Waals surface area contributed by atoms with Gasteiger partial charge < -0.3 is 0 Å². The van der Waals surface area contributed by atoms with Crippen molar-refractivity contribution in [3.8, 4) is 0 Å². The number of imidazole rings is 1. The van der Waals surface area contributed by atoms with Crippen molar-refractivity contribution in [3.05, 3.63) is 72.2 Å². The van der Waals surface area contributed by atoms with E-state index in [2.05, 4.69) is 20.5 Å². The maximum absolute atomic E-state index is 13.7. The van der Waals surface area contributed by atoms with Crippen molar-refractivity contribution in [2.75, 3.05) is 11.1 Å². The summed E-state index contributed by atoms with van der Waals surface area (Å²) in [4.78, 5) is 16.9. The van der Waals surface area contributed by atoms with Crippen molar-refractivity contribution in [1.29, 1.82) is 0 Å². The minimum absolute atomic E-state index is 0.0316. The SMILES string of the molecule is O=C(CSc1nc2ccccc2n1S(=O)(=O)c1ccc2ccccc2c1)Nc1nncs1. The Bertz CT molecular complexity index is 1550. The van der Waals surface area contributed by atoms with Gasteiger partial charge in [-0.05, 0) is 35.0 Å². The number of carbonyl (C=O) groups excluding carboxylic acids is 1. The molecule has 2 aromatic heterocycles. The zero-order valence-electron chi connectivity index (χ0n) is 16.4. The molecule has 1 amide bonds. The Labute approximate surface area is 191 Å². The number of hydrogen-bond acceptors (Lipinski definition) is 8. The minimum Gasteiger partial charge on any atom is -0.300 e. The summed E-state index contributed by atoms with van der Waals surface area (Å²) in [5, 5.41) is 12.5. The van der Waals surface area contributed by atoms with Crippen LogP contribution in [-0.4, -0.2) is 39.2 Å². The van der Waals surface area contributed by atoms with E-state index in [0.717, 1.165) is 22.5 Å². The van der Waals surface area contributed by atoms with Crippen LogP contribution in [0.15, 0.2) is 82.3 Å². The molecular formula is C21H15N5O3S3. The van der Waals surface area contributed by atoms with Crippen LogP contribution in [0.1, 0.15) is 0 Å². The Hall–Kier alpha value is -3.28. The zero-order valence-corrected chi connectivity index (χ0v) is 18.8. The lowest BCUT2D eigenvalue weighted by Crippen LogP contribution is -2.17. The maximum Gasteiger partial charge on any atom is 0.270 e. The molecule has 0 fully saturated rings. The van der Waals surface area contributed by atoms with Crippen LogP contribution in [0, 0.1) is 0 Å². The summed E-state index contributed by atoms with van der Waals surface area (Å²) >= 11 is 2.25. The van der Waals surface area contributed by atoms with E-state index in [0.29, 0.717) is 16.2 Å². The van der Waals surface area contributed by atoms with Crippen molar-refractivity contribution in [2.24, 2.45) is 0 Å². The van der Waals surface area contributed by atoms with E-state index >= 15 is 0 Å². The number of thioether (sulfide) groups is 1. The van der Waals surface area contributed by atoms with Crippen LogP contribution < -0.4 is 5.32 Å². The van der Waals surface area contributed by atoms with Crippen LogP contribution in [0.3, 0.4) is 0 Å². The quantitative estimate of drug-likeness (QED) is 0.365. The fourth-order valence-electron chi connectivity index (χ4n) is 3.25. The predicted molar refractivity (Wildman–Crippen MR) is 126 cm³/mol. The van der Waals surface area contributed by atoms with Gasteiger partial charge in [-0.25, -0.2) is 17.4 Å². The summed E-state index contributed by atoms with van der Waals surface area (Å²) in [6.07, 6.45) is 0. The number of anilines is 1. The normalized spacial score (nSPS) is 11.8. The van der Waals surface area contributed by atoms with Gasteiger partial charge in [-0.15, -0.1) is 10.2 Å². The second-order valence-electron chi connectivity index (χ2n) is 6.74. The maximum atomic E-state index is 13.7. The molecule has 5 rings (SSSR count). The Morgan fingerprint density at radius 1 is 1.03 bits per heavy atom. The van der Waals surface area contributed by atoms with Gasteiger partial charge in [-0.1, -0.05) is 65.6 Å². The molecule has 0 aliphatic heterocycles. The minimum atomic E-state index is -3.96. The average molecular weight is 482 g/mol. The monoisotopic (exact) mass is 481 g/mol. The third-order valence-electron chi connectivity index (χ3n) is 4.69. The number of aromatic nitrogens is 4. The molecular weight excluding hydrogens is 466 g/mol.